The van der Waals surface area contributed by atoms with Gasteiger partial charge in [-0.25, -0.2) is 4.79 Å². The van der Waals surface area contributed by atoms with Crippen molar-refractivity contribution in [1.82, 2.24) is 15.6 Å². The smallest absolute Gasteiger partial charge is 0.337 e. The van der Waals surface area contributed by atoms with Crippen molar-refractivity contribution in [2.45, 2.75) is 39.2 Å². The van der Waals surface area contributed by atoms with Crippen molar-refractivity contribution in [3.8, 4) is 6.07 Å². The number of benzene rings is 1. The minimum absolute atomic E-state index is 0.116. The van der Waals surface area contributed by atoms with Gasteiger partial charge in [-0.2, -0.15) is 5.26 Å². The van der Waals surface area contributed by atoms with Gasteiger partial charge in [-0.15, -0.1) is 0 Å². The van der Waals surface area contributed by atoms with Crippen LogP contribution in [0.2, 0.25) is 0 Å². The number of esters is 1. The predicted octanol–water partition coefficient (Wildman–Crippen LogP) is 4.13. The number of thioether (sulfide) groups is 1. The molecule has 1 aliphatic heterocycles. The number of nitrogens with zero attached hydrogens (tertiary/aromatic N) is 2. The number of nitriles is 1. The minimum atomic E-state index is -0.670. The summed E-state index contributed by atoms with van der Waals surface area (Å²) in [4.78, 5) is 29.8. The highest BCUT2D eigenvalue weighted by atomic mass is 32.2. The molecule has 0 fully saturated rings. The van der Waals surface area contributed by atoms with Crippen LogP contribution in [0.4, 0.5) is 0 Å². The summed E-state index contributed by atoms with van der Waals surface area (Å²) in [6, 6.07) is 15.3. The lowest BCUT2D eigenvalue weighted by Crippen LogP contribution is -2.41. The van der Waals surface area contributed by atoms with Crippen molar-refractivity contribution < 1.29 is 14.3 Å². The molecule has 0 spiro atoms. The maximum absolute atomic E-state index is 13.2. The van der Waals surface area contributed by atoms with Crippen LogP contribution in [0.15, 0.2) is 71.0 Å². The lowest BCUT2D eigenvalue weighted by Gasteiger charge is -2.31. The summed E-state index contributed by atoms with van der Waals surface area (Å²) >= 11 is 1.23. The zero-order chi connectivity index (χ0) is 24.7. The van der Waals surface area contributed by atoms with Gasteiger partial charge in [0.2, 0.25) is 5.91 Å². The number of hydrogen-bond acceptors (Lipinski definition) is 7. The van der Waals surface area contributed by atoms with Crippen molar-refractivity contribution in [1.29, 1.82) is 5.26 Å². The van der Waals surface area contributed by atoms with Crippen LogP contribution in [-0.2, 0) is 14.3 Å². The minimum Gasteiger partial charge on any atom is -0.463 e. The van der Waals surface area contributed by atoms with Gasteiger partial charge in [0.15, 0.2) is 0 Å². The molecule has 1 amide bonds. The number of dihydropyridines is 1. The Bertz CT molecular complexity index is 1150. The van der Waals surface area contributed by atoms with Gasteiger partial charge in [0.25, 0.3) is 0 Å². The van der Waals surface area contributed by atoms with Crippen LogP contribution in [0, 0.1) is 11.3 Å². The number of hydrogen-bond donors (Lipinski definition) is 2. The standard InChI is InChI=1S/C26H28N4O3S/c1-5-33-25(32)22-21(17-11-13-28-14-12-17)19(15-27)24(34-16-20(31)30-26(2,3)4)29-23(22)18-9-7-6-8-10-18/h6-14,21,29H,5,16H2,1-4H3,(H,30,31). The summed E-state index contributed by atoms with van der Waals surface area (Å²) in [5, 5.41) is 16.9. The first kappa shape index (κ1) is 25.1. The van der Waals surface area contributed by atoms with Gasteiger partial charge in [0.1, 0.15) is 0 Å². The third kappa shape index (κ3) is 6.06. The SMILES string of the molecule is CCOC(=O)C1=C(c2ccccc2)NC(SCC(=O)NC(C)(C)C)=C(C#N)C1c1ccncc1. The molecule has 7 nitrogen and oxygen atoms in total. The number of carbonyl (C=O) groups excluding carboxylic acids is 2. The first-order valence-electron chi connectivity index (χ1n) is 11.0. The Hall–Kier alpha value is -3.57. The van der Waals surface area contributed by atoms with Crippen molar-refractivity contribution in [3.05, 3.63) is 82.2 Å². The molecule has 1 atom stereocenters. The molecule has 2 aromatic rings. The van der Waals surface area contributed by atoms with Crippen LogP contribution in [0.5, 0.6) is 0 Å². The molecule has 2 N–H and O–H groups in total. The van der Waals surface area contributed by atoms with Crippen LogP contribution in [0.3, 0.4) is 0 Å². The van der Waals surface area contributed by atoms with Crippen molar-refractivity contribution in [2.75, 3.05) is 12.4 Å². The fraction of sp³-hybridized carbons (Fsp3) is 0.308. The molecule has 0 aliphatic carbocycles. The van der Waals surface area contributed by atoms with E-state index in [-0.39, 0.29) is 23.8 Å². The maximum atomic E-state index is 13.2. The van der Waals surface area contributed by atoms with E-state index in [4.69, 9.17) is 4.74 Å². The molecule has 176 valence electrons. The largest absolute Gasteiger partial charge is 0.463 e. The summed E-state index contributed by atoms with van der Waals surface area (Å²) < 4.78 is 5.41. The molecule has 0 radical (unpaired) electrons. The summed E-state index contributed by atoms with van der Waals surface area (Å²) in [5.41, 5.74) is 2.40. The average Bonchev–Trinajstić information content (AvgIpc) is 2.81. The Labute approximate surface area is 204 Å². The lowest BCUT2D eigenvalue weighted by atomic mass is 9.81. The molecule has 8 heteroatoms. The number of aromatic nitrogens is 1. The molecule has 1 aromatic carbocycles. The van der Waals surface area contributed by atoms with E-state index in [1.165, 1.54) is 11.8 Å². The first-order chi connectivity index (χ1) is 16.2. The van der Waals surface area contributed by atoms with Crippen LogP contribution < -0.4 is 10.6 Å². The molecule has 1 unspecified atom stereocenters. The first-order valence-corrected chi connectivity index (χ1v) is 12.0. The van der Waals surface area contributed by atoms with Crippen molar-refractivity contribution >= 4 is 29.3 Å². The molecule has 0 saturated carbocycles. The topological polar surface area (TPSA) is 104 Å². The molecular weight excluding hydrogens is 448 g/mol. The van der Waals surface area contributed by atoms with Crippen LogP contribution in [0.25, 0.3) is 5.70 Å². The van der Waals surface area contributed by atoms with Gasteiger partial charge >= 0.3 is 5.97 Å². The van der Waals surface area contributed by atoms with E-state index in [1.54, 1.807) is 31.5 Å². The highest BCUT2D eigenvalue weighted by Crippen LogP contribution is 2.43. The molecular formula is C26H28N4O3S. The number of carbonyl (C=O) groups is 2. The number of pyridine rings is 1. The van der Waals surface area contributed by atoms with E-state index in [0.717, 1.165) is 11.1 Å². The highest BCUT2D eigenvalue weighted by molar-refractivity contribution is 8.03. The monoisotopic (exact) mass is 476 g/mol. The second-order valence-electron chi connectivity index (χ2n) is 8.66. The molecule has 3 rings (SSSR count). The van der Waals surface area contributed by atoms with Gasteiger partial charge in [-0.1, -0.05) is 42.1 Å². The van der Waals surface area contributed by atoms with E-state index < -0.39 is 11.9 Å². The quantitative estimate of drug-likeness (QED) is 0.579. The van der Waals surface area contributed by atoms with E-state index in [1.807, 2.05) is 51.1 Å². The van der Waals surface area contributed by atoms with E-state index >= 15 is 0 Å². The van der Waals surface area contributed by atoms with E-state index in [2.05, 4.69) is 21.7 Å². The fourth-order valence-electron chi connectivity index (χ4n) is 3.64. The van der Waals surface area contributed by atoms with E-state index in [9.17, 15) is 14.9 Å². The van der Waals surface area contributed by atoms with Gasteiger partial charge in [0, 0.05) is 17.9 Å². The van der Waals surface area contributed by atoms with E-state index in [0.29, 0.717) is 21.9 Å². The Morgan fingerprint density at radius 3 is 2.44 bits per heavy atom. The molecule has 1 aromatic heterocycles. The number of allylic oxidation sites excluding steroid dienone is 1. The van der Waals surface area contributed by atoms with Gasteiger partial charge in [-0.05, 0) is 51.0 Å². The predicted molar refractivity (Wildman–Crippen MR) is 133 cm³/mol. The van der Waals surface area contributed by atoms with Gasteiger partial charge in [0.05, 0.1) is 46.2 Å². The number of amides is 1. The second kappa shape index (κ2) is 11.0. The summed E-state index contributed by atoms with van der Waals surface area (Å²) in [7, 11) is 0. The zero-order valence-corrected chi connectivity index (χ0v) is 20.5. The van der Waals surface area contributed by atoms with Crippen LogP contribution in [0.1, 0.15) is 44.7 Å². The Morgan fingerprint density at radius 1 is 1.18 bits per heavy atom. The van der Waals surface area contributed by atoms with Crippen LogP contribution in [-0.4, -0.2) is 34.8 Å². The number of nitrogens with one attached hydrogen (secondary N) is 2. The van der Waals surface area contributed by atoms with Gasteiger partial charge in [-0.3, -0.25) is 9.78 Å². The van der Waals surface area contributed by atoms with Crippen molar-refractivity contribution in [3.63, 3.8) is 0 Å². The number of rotatable bonds is 7. The highest BCUT2D eigenvalue weighted by Gasteiger charge is 2.37. The Morgan fingerprint density at radius 2 is 1.85 bits per heavy atom. The molecule has 34 heavy (non-hydrogen) atoms. The van der Waals surface area contributed by atoms with Gasteiger partial charge < -0.3 is 15.4 Å². The lowest BCUT2D eigenvalue weighted by molar-refractivity contribution is -0.138. The maximum Gasteiger partial charge on any atom is 0.337 e. The van der Waals surface area contributed by atoms with Crippen LogP contribution >= 0.6 is 11.8 Å². The summed E-state index contributed by atoms with van der Waals surface area (Å²) in [6.45, 7) is 7.68. The zero-order valence-electron chi connectivity index (χ0n) is 19.7. The Balaban J connectivity index is 2.13. The molecule has 0 saturated heterocycles. The second-order valence-corrected chi connectivity index (χ2v) is 9.64. The normalized spacial score (nSPS) is 15.9. The van der Waals surface area contributed by atoms with Crippen molar-refractivity contribution in [2.24, 2.45) is 0 Å². The molecule has 2 heterocycles. The Kier molecular flexibility index (Phi) is 8.13. The average molecular weight is 477 g/mol. The third-order valence-electron chi connectivity index (χ3n) is 4.91. The summed E-state index contributed by atoms with van der Waals surface area (Å²) in [6.07, 6.45) is 3.25. The summed E-state index contributed by atoms with van der Waals surface area (Å²) in [5.74, 6) is -1.20. The fourth-order valence-corrected chi connectivity index (χ4v) is 4.48. The molecule has 0 bridgehead atoms. The third-order valence-corrected chi connectivity index (χ3v) is 5.93. The number of ether oxygens (including phenoxy) is 1. The molecule has 1 aliphatic rings.